The van der Waals surface area contributed by atoms with Crippen molar-refractivity contribution in [2.75, 3.05) is 41.1 Å². The number of esters is 1. The fourth-order valence-corrected chi connectivity index (χ4v) is 5.65. The highest BCUT2D eigenvalue weighted by atomic mass is 79.9. The average Bonchev–Trinajstić information content (AvgIpc) is 3.45. The number of halogens is 1. The summed E-state index contributed by atoms with van der Waals surface area (Å²) in [6.07, 6.45) is -0.642. The number of likely N-dealkylation sites (N-methyl/N-ethyl adjacent to an activating group) is 1. The van der Waals surface area contributed by atoms with Gasteiger partial charge < -0.3 is 33.7 Å². The molecule has 3 aliphatic rings. The molecule has 5 rings (SSSR count). The standard InChI is InChI=1S/C24H25BrN2O8/c1-5-26-24(29)35-19-13(30-3)7-6-12-15(19)23(28)34-18(12)17-14-11(8-9-27(17)2)16(25)21-22(20(14)31-4)33-10-32-21/h6-7,17-18H,5,8-10H2,1-4H3,(H,26,29)/t17-,18+/m1/s1. The van der Waals surface area contributed by atoms with E-state index in [-0.39, 0.29) is 23.9 Å². The van der Waals surface area contributed by atoms with Crippen molar-refractivity contribution in [2.45, 2.75) is 25.5 Å². The maximum atomic E-state index is 13.2. The van der Waals surface area contributed by atoms with E-state index < -0.39 is 24.2 Å². The summed E-state index contributed by atoms with van der Waals surface area (Å²) in [6, 6.07) is 3.04. The van der Waals surface area contributed by atoms with Gasteiger partial charge in [0.2, 0.25) is 12.5 Å². The Morgan fingerprint density at radius 3 is 2.69 bits per heavy atom. The molecular weight excluding hydrogens is 524 g/mol. The largest absolute Gasteiger partial charge is 0.493 e. The van der Waals surface area contributed by atoms with Crippen LogP contribution in [-0.2, 0) is 11.2 Å². The second-order valence-electron chi connectivity index (χ2n) is 8.29. The number of carbonyl (C=O) groups excluding carboxylic acids is 2. The van der Waals surface area contributed by atoms with E-state index in [1.807, 2.05) is 7.05 Å². The Kier molecular flexibility index (Phi) is 6.14. The number of carbonyl (C=O) groups is 2. The summed E-state index contributed by atoms with van der Waals surface area (Å²) >= 11 is 3.69. The summed E-state index contributed by atoms with van der Waals surface area (Å²) in [7, 11) is 4.99. The Labute approximate surface area is 210 Å². The number of hydrogen-bond donors (Lipinski definition) is 1. The first-order chi connectivity index (χ1) is 16.9. The quantitative estimate of drug-likeness (QED) is 0.559. The molecule has 186 valence electrons. The van der Waals surface area contributed by atoms with Crippen molar-refractivity contribution in [2.24, 2.45) is 0 Å². The number of amides is 1. The van der Waals surface area contributed by atoms with Gasteiger partial charge in [-0.25, -0.2) is 9.59 Å². The lowest BCUT2D eigenvalue weighted by Crippen LogP contribution is -2.36. The van der Waals surface area contributed by atoms with Crippen molar-refractivity contribution >= 4 is 28.0 Å². The summed E-state index contributed by atoms with van der Waals surface area (Å²) in [5.74, 6) is 1.36. The van der Waals surface area contributed by atoms with Crippen molar-refractivity contribution in [1.29, 1.82) is 0 Å². The Bertz CT molecular complexity index is 1220. The van der Waals surface area contributed by atoms with E-state index in [4.69, 9.17) is 28.4 Å². The Hall–Kier alpha value is -3.18. The smallest absolute Gasteiger partial charge is 0.412 e. The summed E-state index contributed by atoms with van der Waals surface area (Å²) in [5, 5.41) is 2.57. The van der Waals surface area contributed by atoms with Gasteiger partial charge in [0.15, 0.2) is 23.0 Å². The predicted octanol–water partition coefficient (Wildman–Crippen LogP) is 3.74. The summed E-state index contributed by atoms with van der Waals surface area (Å²) in [5.41, 5.74) is 2.62. The molecule has 0 saturated heterocycles. The first-order valence-electron chi connectivity index (χ1n) is 11.2. The van der Waals surface area contributed by atoms with E-state index in [1.54, 1.807) is 26.2 Å². The molecule has 0 saturated carbocycles. The molecule has 0 aromatic heterocycles. The van der Waals surface area contributed by atoms with Gasteiger partial charge >= 0.3 is 12.1 Å². The van der Waals surface area contributed by atoms with Crippen LogP contribution in [0.1, 0.15) is 46.1 Å². The van der Waals surface area contributed by atoms with Gasteiger partial charge in [0, 0.05) is 24.2 Å². The predicted molar refractivity (Wildman–Crippen MR) is 127 cm³/mol. The lowest BCUT2D eigenvalue weighted by Gasteiger charge is -2.39. The van der Waals surface area contributed by atoms with Crippen molar-refractivity contribution in [3.8, 4) is 28.7 Å². The fraction of sp³-hybridized carbons (Fsp3) is 0.417. The van der Waals surface area contributed by atoms with Crippen LogP contribution in [0.5, 0.6) is 28.7 Å². The fourth-order valence-electron chi connectivity index (χ4n) is 4.95. The minimum absolute atomic E-state index is 0.0287. The van der Waals surface area contributed by atoms with Gasteiger partial charge in [-0.15, -0.1) is 0 Å². The first kappa shape index (κ1) is 23.6. The molecule has 2 aromatic carbocycles. The summed E-state index contributed by atoms with van der Waals surface area (Å²) in [4.78, 5) is 27.5. The highest BCUT2D eigenvalue weighted by molar-refractivity contribution is 9.10. The first-order valence-corrected chi connectivity index (χ1v) is 12.0. The van der Waals surface area contributed by atoms with Crippen LogP contribution in [0.2, 0.25) is 0 Å². The zero-order valence-corrected chi connectivity index (χ0v) is 21.3. The van der Waals surface area contributed by atoms with E-state index >= 15 is 0 Å². The maximum absolute atomic E-state index is 13.2. The van der Waals surface area contributed by atoms with Crippen LogP contribution >= 0.6 is 15.9 Å². The third kappa shape index (κ3) is 3.64. The van der Waals surface area contributed by atoms with Gasteiger partial charge in [-0.05, 0) is 48.0 Å². The van der Waals surface area contributed by atoms with Gasteiger partial charge in [0.25, 0.3) is 0 Å². The van der Waals surface area contributed by atoms with Gasteiger partial charge in [-0.3, -0.25) is 4.90 Å². The normalized spacial score (nSPS) is 20.1. The molecule has 2 atom stereocenters. The molecule has 0 bridgehead atoms. The number of fused-ring (bicyclic) bond motifs is 3. The van der Waals surface area contributed by atoms with Crippen molar-refractivity contribution in [3.63, 3.8) is 0 Å². The molecule has 0 unspecified atom stereocenters. The lowest BCUT2D eigenvalue weighted by atomic mass is 9.85. The number of nitrogens with zero attached hydrogens (tertiary/aromatic N) is 1. The van der Waals surface area contributed by atoms with E-state index in [9.17, 15) is 9.59 Å². The van der Waals surface area contributed by atoms with E-state index in [1.165, 1.54) is 7.11 Å². The molecule has 2 aromatic rings. The number of benzene rings is 2. The lowest BCUT2D eigenvalue weighted by molar-refractivity contribution is 0.00872. The third-order valence-electron chi connectivity index (χ3n) is 6.46. The molecule has 0 aliphatic carbocycles. The van der Waals surface area contributed by atoms with Gasteiger partial charge in [-0.2, -0.15) is 0 Å². The van der Waals surface area contributed by atoms with Crippen LogP contribution in [0.25, 0.3) is 0 Å². The molecule has 35 heavy (non-hydrogen) atoms. The third-order valence-corrected chi connectivity index (χ3v) is 7.30. The number of cyclic esters (lactones) is 1. The molecule has 1 N–H and O–H groups in total. The minimum Gasteiger partial charge on any atom is -0.493 e. The van der Waals surface area contributed by atoms with Crippen molar-refractivity contribution in [1.82, 2.24) is 10.2 Å². The average molecular weight is 549 g/mol. The maximum Gasteiger partial charge on any atom is 0.412 e. The van der Waals surface area contributed by atoms with Gasteiger partial charge in [-0.1, -0.05) is 6.07 Å². The Balaban J connectivity index is 1.66. The van der Waals surface area contributed by atoms with Crippen molar-refractivity contribution < 1.29 is 38.0 Å². The number of ether oxygens (including phenoxy) is 6. The van der Waals surface area contributed by atoms with Crippen molar-refractivity contribution in [3.05, 3.63) is 38.9 Å². The van der Waals surface area contributed by atoms with Crippen LogP contribution in [-0.4, -0.2) is 58.1 Å². The summed E-state index contributed by atoms with van der Waals surface area (Å²) in [6.45, 7) is 2.94. The zero-order chi connectivity index (χ0) is 24.9. The molecule has 1 amide bonds. The van der Waals surface area contributed by atoms with Crippen LogP contribution in [0, 0.1) is 0 Å². The molecule has 11 heteroatoms. The Morgan fingerprint density at radius 1 is 1.20 bits per heavy atom. The highest BCUT2D eigenvalue weighted by Crippen LogP contribution is 2.58. The summed E-state index contributed by atoms with van der Waals surface area (Å²) < 4.78 is 34.8. The molecule has 10 nitrogen and oxygen atoms in total. The molecule has 0 radical (unpaired) electrons. The Morgan fingerprint density at radius 2 is 1.97 bits per heavy atom. The molecule has 0 fully saturated rings. The van der Waals surface area contributed by atoms with Crippen LogP contribution in [0.3, 0.4) is 0 Å². The number of methoxy groups -OCH3 is 2. The SMILES string of the molecule is CCNC(=O)Oc1c(OC)ccc2c1C(=O)O[C@@H]2[C@H]1c2c(c(Br)c3c(c2OC)OCO3)CCN1C. The minimum atomic E-state index is -0.690. The molecule has 0 spiro atoms. The molecule has 3 aliphatic heterocycles. The van der Waals surface area contributed by atoms with E-state index in [0.717, 1.165) is 22.0 Å². The zero-order valence-electron chi connectivity index (χ0n) is 19.7. The number of rotatable bonds is 5. The second kappa shape index (κ2) is 9.12. The highest BCUT2D eigenvalue weighted by Gasteiger charge is 2.47. The van der Waals surface area contributed by atoms with E-state index in [2.05, 4.69) is 26.1 Å². The topological polar surface area (TPSA) is 105 Å². The molecular formula is C24H25BrN2O8. The number of hydrogen-bond acceptors (Lipinski definition) is 9. The van der Waals surface area contributed by atoms with Crippen LogP contribution in [0.4, 0.5) is 4.79 Å². The number of nitrogens with one attached hydrogen (secondary N) is 1. The van der Waals surface area contributed by atoms with Crippen LogP contribution < -0.4 is 29.0 Å². The second-order valence-corrected chi connectivity index (χ2v) is 9.08. The van der Waals surface area contributed by atoms with E-state index in [0.29, 0.717) is 35.9 Å². The van der Waals surface area contributed by atoms with Gasteiger partial charge in [0.1, 0.15) is 11.7 Å². The van der Waals surface area contributed by atoms with Crippen LogP contribution in [0.15, 0.2) is 16.6 Å². The van der Waals surface area contributed by atoms with Gasteiger partial charge in [0.05, 0.1) is 24.7 Å². The monoisotopic (exact) mass is 548 g/mol. The molecule has 3 heterocycles.